The van der Waals surface area contributed by atoms with Crippen LogP contribution in [0.4, 0.5) is 0 Å². The van der Waals surface area contributed by atoms with Crippen molar-refractivity contribution < 1.29 is 34.2 Å². The first-order valence-corrected chi connectivity index (χ1v) is 11.7. The Bertz CT molecular complexity index is 871. The summed E-state index contributed by atoms with van der Waals surface area (Å²) in [5, 5.41) is 28.3. The Morgan fingerprint density at radius 3 is 1.71 bits per heavy atom. The first-order chi connectivity index (χ1) is 17.8. The van der Waals surface area contributed by atoms with Crippen molar-refractivity contribution in [1.82, 2.24) is 21.3 Å². The third-order valence-electron chi connectivity index (χ3n) is 4.84. The number of nitrogens with zero attached hydrogens (tertiary/aromatic N) is 2. The van der Waals surface area contributed by atoms with Gasteiger partial charge in [0.2, 0.25) is 23.6 Å². The van der Waals surface area contributed by atoms with Gasteiger partial charge in [0.05, 0.1) is 12.6 Å². The number of nitrogens with one attached hydrogen (secondary N) is 4. The molecule has 0 rings (SSSR count). The fourth-order valence-electron chi connectivity index (χ4n) is 3.00. The van der Waals surface area contributed by atoms with Crippen molar-refractivity contribution in [3.63, 3.8) is 0 Å². The van der Waals surface area contributed by atoms with E-state index >= 15 is 0 Å². The Morgan fingerprint density at radius 1 is 0.789 bits per heavy atom. The van der Waals surface area contributed by atoms with E-state index in [1.807, 2.05) is 0 Å². The number of carbonyl (C=O) groups is 5. The topological polar surface area (TPSA) is 329 Å². The first-order valence-electron chi connectivity index (χ1n) is 11.7. The van der Waals surface area contributed by atoms with Crippen molar-refractivity contribution >= 4 is 41.5 Å². The van der Waals surface area contributed by atoms with Crippen LogP contribution < -0.4 is 49.9 Å². The van der Waals surface area contributed by atoms with Gasteiger partial charge in [-0.3, -0.25) is 34.0 Å². The van der Waals surface area contributed by atoms with Gasteiger partial charge >= 0.3 is 5.97 Å². The van der Waals surface area contributed by atoms with E-state index in [1.165, 1.54) is 6.92 Å². The summed E-state index contributed by atoms with van der Waals surface area (Å²) in [5.74, 6) is -4.82. The Hall–Kier alpha value is -4.19. The molecule has 0 saturated carbocycles. The molecule has 4 amide bonds. The molecule has 0 unspecified atom stereocenters. The molecule has 16 N–H and O–H groups in total. The highest BCUT2D eigenvalue weighted by atomic mass is 16.4. The molecule has 0 aliphatic rings. The second kappa shape index (κ2) is 18.1. The van der Waals surface area contributed by atoms with E-state index in [0.29, 0.717) is 0 Å². The van der Waals surface area contributed by atoms with Gasteiger partial charge in [0.15, 0.2) is 11.9 Å². The number of guanidine groups is 2. The summed E-state index contributed by atoms with van der Waals surface area (Å²) in [6.45, 7) is 0.426. The highest BCUT2D eigenvalue weighted by Gasteiger charge is 2.32. The molecule has 216 valence electrons. The fraction of sp³-hybridized carbons (Fsp3) is 0.650. The quantitative estimate of drug-likeness (QED) is 0.0435. The monoisotopic (exact) mass is 545 g/mol. The van der Waals surface area contributed by atoms with Crippen LogP contribution in [0.2, 0.25) is 0 Å². The number of aliphatic imine (C=N–C) groups is 2. The number of hydrogen-bond donors (Lipinski definition) is 11. The maximum atomic E-state index is 12.9. The van der Waals surface area contributed by atoms with Crippen LogP contribution in [0, 0.1) is 0 Å². The third kappa shape index (κ3) is 15.0. The summed E-state index contributed by atoms with van der Waals surface area (Å²) in [4.78, 5) is 68.5. The number of aliphatic hydroxyl groups excluding tert-OH is 1. The van der Waals surface area contributed by atoms with Crippen LogP contribution in [0.5, 0.6) is 0 Å². The van der Waals surface area contributed by atoms with Crippen molar-refractivity contribution in [3.05, 3.63) is 0 Å². The number of amides is 4. The van der Waals surface area contributed by atoms with E-state index in [0.717, 1.165) is 0 Å². The highest BCUT2D eigenvalue weighted by Crippen LogP contribution is 2.04. The number of hydrogen-bond acceptors (Lipinski definition) is 9. The Morgan fingerprint density at radius 2 is 1.29 bits per heavy atom. The van der Waals surface area contributed by atoms with Gasteiger partial charge in [-0.25, -0.2) is 0 Å². The van der Waals surface area contributed by atoms with Crippen LogP contribution in [0.25, 0.3) is 0 Å². The lowest BCUT2D eigenvalue weighted by Gasteiger charge is -2.26. The predicted octanol–water partition coefficient (Wildman–Crippen LogP) is -5.91. The Kier molecular flexibility index (Phi) is 16.1. The van der Waals surface area contributed by atoms with Gasteiger partial charge in [0.25, 0.3) is 0 Å². The molecule has 0 aromatic carbocycles. The van der Waals surface area contributed by atoms with Crippen molar-refractivity contribution in [3.8, 4) is 0 Å². The zero-order valence-corrected chi connectivity index (χ0v) is 21.2. The number of aliphatic carboxylic acids is 1. The fourth-order valence-corrected chi connectivity index (χ4v) is 3.00. The molecule has 0 bridgehead atoms. The van der Waals surface area contributed by atoms with Crippen LogP contribution in [0.15, 0.2) is 9.98 Å². The van der Waals surface area contributed by atoms with E-state index in [2.05, 4.69) is 31.3 Å². The number of carboxylic acids is 1. The van der Waals surface area contributed by atoms with Gasteiger partial charge in [0.1, 0.15) is 24.7 Å². The van der Waals surface area contributed by atoms with E-state index in [-0.39, 0.29) is 50.7 Å². The predicted molar refractivity (Wildman–Crippen MR) is 137 cm³/mol. The molecule has 0 radical (unpaired) electrons. The zero-order chi connectivity index (χ0) is 29.3. The summed E-state index contributed by atoms with van der Waals surface area (Å²) in [6, 6.07) is -3.91. The lowest BCUT2D eigenvalue weighted by molar-refractivity contribution is -0.139. The van der Waals surface area contributed by atoms with E-state index in [4.69, 9.17) is 33.8 Å². The van der Waals surface area contributed by atoms with Crippen molar-refractivity contribution in [1.29, 1.82) is 0 Å². The minimum Gasteiger partial charge on any atom is -0.480 e. The molecule has 38 heavy (non-hydrogen) atoms. The maximum Gasteiger partial charge on any atom is 0.322 e. The molecule has 0 aromatic heterocycles. The number of nitrogens with two attached hydrogens (primary N) is 5. The average Bonchev–Trinajstić information content (AvgIpc) is 2.83. The molecule has 0 fully saturated rings. The van der Waals surface area contributed by atoms with Crippen molar-refractivity contribution in [2.24, 2.45) is 38.7 Å². The van der Waals surface area contributed by atoms with Crippen LogP contribution in [0.3, 0.4) is 0 Å². The summed E-state index contributed by atoms with van der Waals surface area (Å²) in [7, 11) is 0. The van der Waals surface area contributed by atoms with Gasteiger partial charge in [0, 0.05) is 13.1 Å². The highest BCUT2D eigenvalue weighted by molar-refractivity contribution is 5.95. The third-order valence-corrected chi connectivity index (χ3v) is 4.84. The van der Waals surface area contributed by atoms with Crippen LogP contribution in [-0.4, -0.2) is 102 Å². The molecule has 0 saturated heterocycles. The zero-order valence-electron chi connectivity index (χ0n) is 21.2. The molecular weight excluding hydrogens is 506 g/mol. The summed E-state index contributed by atoms with van der Waals surface area (Å²) in [6.07, 6.45) is -0.815. The second-order valence-electron chi connectivity index (χ2n) is 8.12. The van der Waals surface area contributed by atoms with Gasteiger partial charge in [-0.1, -0.05) is 0 Å². The number of carbonyl (C=O) groups excluding carboxylic acids is 4. The standard InChI is InChI=1S/C20H39N11O7/c1-10(32)15(31-17(37)12(29-13(33)8-21)5-3-7-27-20(24)25)18(38)30-11(4-2-6-26-19(22)23)16(36)28-9-14(34)35/h10-12,15,32H,2-9,21H2,1H3,(H,28,36)(H,29,33)(H,30,38)(H,31,37)(H,34,35)(H4,22,23,26)(H4,24,25,27)/t10-,11+,12+,15+/m1/s1. The largest absolute Gasteiger partial charge is 0.480 e. The molecule has 0 spiro atoms. The lowest BCUT2D eigenvalue weighted by Crippen LogP contribution is -2.60. The van der Waals surface area contributed by atoms with Crippen LogP contribution >= 0.6 is 0 Å². The molecule has 0 heterocycles. The van der Waals surface area contributed by atoms with Crippen molar-refractivity contribution in [2.75, 3.05) is 26.2 Å². The molecule has 0 aliphatic carbocycles. The number of rotatable bonds is 18. The normalized spacial score (nSPS) is 13.6. The molecule has 18 nitrogen and oxygen atoms in total. The Balaban J connectivity index is 5.54. The SMILES string of the molecule is C[C@@H](O)[C@H](NC(=O)[C@H](CCCN=C(N)N)NC(=O)CN)C(=O)N[C@@H](CCCN=C(N)N)C(=O)NCC(=O)O. The summed E-state index contributed by atoms with van der Waals surface area (Å²) < 4.78 is 0. The van der Waals surface area contributed by atoms with Gasteiger partial charge < -0.3 is 60.1 Å². The molecule has 18 heteroatoms. The van der Waals surface area contributed by atoms with E-state index < -0.39 is 66.9 Å². The van der Waals surface area contributed by atoms with E-state index in [1.54, 1.807) is 0 Å². The average molecular weight is 546 g/mol. The number of aliphatic hydroxyl groups is 1. The van der Waals surface area contributed by atoms with Gasteiger partial charge in [-0.05, 0) is 32.6 Å². The molecule has 0 aromatic rings. The second-order valence-corrected chi connectivity index (χ2v) is 8.12. The molecular formula is C20H39N11O7. The minimum absolute atomic E-state index is 0.00836. The molecule has 4 atom stereocenters. The number of carboxylic acid groups (broad SMARTS) is 1. The minimum atomic E-state index is -1.54. The summed E-state index contributed by atoms with van der Waals surface area (Å²) in [5.41, 5.74) is 26.4. The van der Waals surface area contributed by atoms with Gasteiger partial charge in [-0.15, -0.1) is 0 Å². The van der Waals surface area contributed by atoms with Crippen LogP contribution in [-0.2, 0) is 24.0 Å². The lowest BCUT2D eigenvalue weighted by atomic mass is 10.1. The summed E-state index contributed by atoms with van der Waals surface area (Å²) >= 11 is 0. The van der Waals surface area contributed by atoms with Crippen molar-refractivity contribution in [2.45, 2.75) is 56.8 Å². The smallest absolute Gasteiger partial charge is 0.322 e. The molecule has 0 aliphatic heterocycles. The van der Waals surface area contributed by atoms with Crippen LogP contribution in [0.1, 0.15) is 32.6 Å². The van der Waals surface area contributed by atoms with E-state index in [9.17, 15) is 29.1 Å². The maximum absolute atomic E-state index is 12.9. The Labute approximate surface area is 219 Å². The first kappa shape index (κ1) is 33.8. The van der Waals surface area contributed by atoms with Gasteiger partial charge in [-0.2, -0.15) is 0 Å².